The van der Waals surface area contributed by atoms with E-state index in [1.165, 1.54) is 24.8 Å². The molecule has 2 nitrogen and oxygen atoms in total. The van der Waals surface area contributed by atoms with Gasteiger partial charge in [0, 0.05) is 16.9 Å². The van der Waals surface area contributed by atoms with E-state index in [0.717, 1.165) is 23.3 Å². The van der Waals surface area contributed by atoms with Gasteiger partial charge in [0.2, 0.25) is 0 Å². The summed E-state index contributed by atoms with van der Waals surface area (Å²) in [5, 5.41) is 3.42. The van der Waals surface area contributed by atoms with Crippen LogP contribution in [0.25, 0.3) is 0 Å². The van der Waals surface area contributed by atoms with Gasteiger partial charge in [0.05, 0.1) is 6.10 Å². The standard InChI is InChI=1S/C13H16BrNO/c14-10-1-4-13(16-11-2-3-11)12(7-10)9-5-6-15-8-9/h1,4,7,9,11,15H,2-3,5-6,8H2. The Kier molecular flexibility index (Phi) is 2.90. The van der Waals surface area contributed by atoms with Crippen molar-refractivity contribution in [3.05, 3.63) is 28.2 Å². The summed E-state index contributed by atoms with van der Waals surface area (Å²) in [5.41, 5.74) is 1.37. The molecular formula is C13H16BrNO. The Hall–Kier alpha value is -0.540. The average molecular weight is 282 g/mol. The van der Waals surface area contributed by atoms with Crippen molar-refractivity contribution in [1.82, 2.24) is 5.32 Å². The number of benzene rings is 1. The van der Waals surface area contributed by atoms with Crippen LogP contribution in [0.5, 0.6) is 5.75 Å². The Bertz CT molecular complexity index is 384. The molecule has 16 heavy (non-hydrogen) atoms. The van der Waals surface area contributed by atoms with Crippen molar-refractivity contribution < 1.29 is 4.74 Å². The van der Waals surface area contributed by atoms with Gasteiger partial charge in [-0.2, -0.15) is 0 Å². The molecule has 1 heterocycles. The molecule has 1 atom stereocenters. The number of hydrogen-bond donors (Lipinski definition) is 1. The molecule has 1 aromatic carbocycles. The fraction of sp³-hybridized carbons (Fsp3) is 0.538. The van der Waals surface area contributed by atoms with Gasteiger partial charge in [0.15, 0.2) is 0 Å². The van der Waals surface area contributed by atoms with Crippen LogP contribution in [0.1, 0.15) is 30.7 Å². The molecule has 1 saturated carbocycles. The summed E-state index contributed by atoms with van der Waals surface area (Å²) in [6, 6.07) is 6.40. The van der Waals surface area contributed by atoms with Crippen LogP contribution in [0.3, 0.4) is 0 Å². The summed E-state index contributed by atoms with van der Waals surface area (Å²) in [6.07, 6.45) is 4.14. The first-order valence-corrected chi connectivity index (χ1v) is 6.79. The third-order valence-corrected chi connectivity index (χ3v) is 3.78. The molecule has 3 rings (SSSR count). The second kappa shape index (κ2) is 4.38. The molecule has 2 fully saturated rings. The van der Waals surface area contributed by atoms with Crippen molar-refractivity contribution in [3.8, 4) is 5.75 Å². The quantitative estimate of drug-likeness (QED) is 0.920. The van der Waals surface area contributed by atoms with Crippen LogP contribution in [-0.4, -0.2) is 19.2 Å². The predicted octanol–water partition coefficient (Wildman–Crippen LogP) is 3.07. The summed E-state index contributed by atoms with van der Waals surface area (Å²) in [7, 11) is 0. The van der Waals surface area contributed by atoms with Crippen molar-refractivity contribution in [1.29, 1.82) is 0 Å². The van der Waals surface area contributed by atoms with Crippen molar-refractivity contribution in [3.63, 3.8) is 0 Å². The summed E-state index contributed by atoms with van der Waals surface area (Å²) in [6.45, 7) is 2.21. The monoisotopic (exact) mass is 281 g/mol. The van der Waals surface area contributed by atoms with Crippen LogP contribution in [0.2, 0.25) is 0 Å². The highest BCUT2D eigenvalue weighted by molar-refractivity contribution is 9.10. The molecular weight excluding hydrogens is 266 g/mol. The second-order valence-electron chi connectivity index (χ2n) is 4.69. The third kappa shape index (κ3) is 2.25. The predicted molar refractivity (Wildman–Crippen MR) is 68.0 cm³/mol. The third-order valence-electron chi connectivity index (χ3n) is 3.29. The first kappa shape index (κ1) is 10.6. The molecule has 1 unspecified atom stereocenters. The Labute approximate surface area is 105 Å². The van der Waals surface area contributed by atoms with Crippen molar-refractivity contribution in [2.75, 3.05) is 13.1 Å². The van der Waals surface area contributed by atoms with E-state index in [0.29, 0.717) is 12.0 Å². The van der Waals surface area contributed by atoms with Crippen molar-refractivity contribution in [2.45, 2.75) is 31.3 Å². The fourth-order valence-electron chi connectivity index (χ4n) is 2.23. The molecule has 0 bridgehead atoms. The van der Waals surface area contributed by atoms with Crippen LogP contribution >= 0.6 is 15.9 Å². The summed E-state index contributed by atoms with van der Waals surface area (Å²) in [5.74, 6) is 1.71. The molecule has 0 spiro atoms. The highest BCUT2D eigenvalue weighted by Crippen LogP contribution is 2.36. The Morgan fingerprint density at radius 2 is 2.12 bits per heavy atom. The smallest absolute Gasteiger partial charge is 0.123 e. The van der Waals surface area contributed by atoms with Crippen LogP contribution in [0.15, 0.2) is 22.7 Å². The average Bonchev–Trinajstić information content (AvgIpc) is 2.93. The zero-order valence-electron chi connectivity index (χ0n) is 9.21. The Morgan fingerprint density at radius 1 is 1.25 bits per heavy atom. The molecule has 1 aliphatic carbocycles. The van der Waals surface area contributed by atoms with E-state index >= 15 is 0 Å². The van der Waals surface area contributed by atoms with Gasteiger partial charge in [0.25, 0.3) is 0 Å². The molecule has 1 saturated heterocycles. The minimum Gasteiger partial charge on any atom is -0.490 e. The van der Waals surface area contributed by atoms with Gasteiger partial charge < -0.3 is 10.1 Å². The topological polar surface area (TPSA) is 21.3 Å². The molecule has 0 aromatic heterocycles. The molecule has 86 valence electrons. The van der Waals surface area contributed by atoms with Gasteiger partial charge in [-0.05, 0) is 49.6 Å². The van der Waals surface area contributed by atoms with Gasteiger partial charge >= 0.3 is 0 Å². The van der Waals surface area contributed by atoms with Gasteiger partial charge in [-0.3, -0.25) is 0 Å². The van der Waals surface area contributed by atoms with Crippen LogP contribution < -0.4 is 10.1 Å². The molecule has 2 aliphatic rings. The van der Waals surface area contributed by atoms with E-state index in [4.69, 9.17) is 4.74 Å². The fourth-order valence-corrected chi connectivity index (χ4v) is 2.61. The maximum absolute atomic E-state index is 5.98. The Balaban J connectivity index is 1.88. The van der Waals surface area contributed by atoms with E-state index in [1.54, 1.807) is 0 Å². The molecule has 3 heteroatoms. The van der Waals surface area contributed by atoms with Crippen LogP contribution in [0.4, 0.5) is 0 Å². The first-order valence-electron chi connectivity index (χ1n) is 6.00. The summed E-state index contributed by atoms with van der Waals surface area (Å²) >= 11 is 3.55. The number of nitrogens with one attached hydrogen (secondary N) is 1. The van der Waals surface area contributed by atoms with E-state index in [1.807, 2.05) is 0 Å². The lowest BCUT2D eigenvalue weighted by Gasteiger charge is -2.15. The van der Waals surface area contributed by atoms with E-state index in [9.17, 15) is 0 Å². The van der Waals surface area contributed by atoms with Crippen LogP contribution in [-0.2, 0) is 0 Å². The Morgan fingerprint density at radius 3 is 2.81 bits per heavy atom. The largest absolute Gasteiger partial charge is 0.490 e. The molecule has 0 amide bonds. The van der Waals surface area contributed by atoms with Crippen molar-refractivity contribution >= 4 is 15.9 Å². The van der Waals surface area contributed by atoms with Gasteiger partial charge in [0.1, 0.15) is 5.75 Å². The SMILES string of the molecule is Brc1ccc(OC2CC2)c(C2CCNC2)c1. The summed E-state index contributed by atoms with van der Waals surface area (Å²) < 4.78 is 7.13. The summed E-state index contributed by atoms with van der Waals surface area (Å²) in [4.78, 5) is 0. The number of halogens is 1. The van der Waals surface area contributed by atoms with Crippen molar-refractivity contribution in [2.24, 2.45) is 0 Å². The minimum absolute atomic E-state index is 0.481. The lowest BCUT2D eigenvalue weighted by Crippen LogP contribution is -2.09. The molecule has 1 N–H and O–H groups in total. The second-order valence-corrected chi connectivity index (χ2v) is 5.60. The number of rotatable bonds is 3. The molecule has 0 radical (unpaired) electrons. The molecule has 1 aliphatic heterocycles. The lowest BCUT2D eigenvalue weighted by molar-refractivity contribution is 0.298. The van der Waals surface area contributed by atoms with Crippen LogP contribution in [0, 0.1) is 0 Å². The van der Waals surface area contributed by atoms with E-state index in [-0.39, 0.29) is 0 Å². The zero-order chi connectivity index (χ0) is 11.0. The highest BCUT2D eigenvalue weighted by Gasteiger charge is 2.27. The van der Waals surface area contributed by atoms with E-state index < -0.39 is 0 Å². The van der Waals surface area contributed by atoms with E-state index in [2.05, 4.69) is 39.4 Å². The van der Waals surface area contributed by atoms with Gasteiger partial charge in [-0.25, -0.2) is 0 Å². The maximum atomic E-state index is 5.98. The lowest BCUT2D eigenvalue weighted by atomic mass is 9.97. The zero-order valence-corrected chi connectivity index (χ0v) is 10.8. The molecule has 1 aromatic rings. The van der Waals surface area contributed by atoms with Gasteiger partial charge in [-0.15, -0.1) is 0 Å². The first-order chi connectivity index (χ1) is 7.83. The number of ether oxygens (including phenoxy) is 1. The highest BCUT2D eigenvalue weighted by atomic mass is 79.9. The van der Waals surface area contributed by atoms with Gasteiger partial charge in [-0.1, -0.05) is 15.9 Å². The minimum atomic E-state index is 0.481. The number of hydrogen-bond acceptors (Lipinski definition) is 2. The normalized spacial score (nSPS) is 24.7. The maximum Gasteiger partial charge on any atom is 0.123 e.